The molecular weight excluding hydrogens is 325 g/mol. The van der Waals surface area contributed by atoms with Gasteiger partial charge in [-0.25, -0.2) is 19.0 Å². The van der Waals surface area contributed by atoms with Crippen molar-refractivity contribution in [3.63, 3.8) is 0 Å². The van der Waals surface area contributed by atoms with E-state index in [9.17, 15) is 9.18 Å². The maximum Gasteiger partial charge on any atom is 0.253 e. The highest BCUT2D eigenvalue weighted by molar-refractivity contribution is 5.94. The second-order valence-corrected chi connectivity index (χ2v) is 5.25. The highest BCUT2D eigenvalue weighted by Crippen LogP contribution is 2.15. The highest BCUT2D eigenvalue weighted by Gasteiger charge is 2.13. The van der Waals surface area contributed by atoms with Gasteiger partial charge in [0.25, 0.3) is 5.91 Å². The number of para-hydroxylation sites is 1. The molecule has 25 heavy (non-hydrogen) atoms. The van der Waals surface area contributed by atoms with Gasteiger partial charge in [-0.3, -0.25) is 4.79 Å². The standard InChI is InChI=1S/C17H16FN5O2/c1-22(8-9-25-15-5-3-2-4-14(15)18)17(24)13-6-7-20-16(10-13)23-12-19-11-21-23/h2-7,10-12H,8-9H2,1H3. The summed E-state index contributed by atoms with van der Waals surface area (Å²) in [6, 6.07) is 9.41. The molecule has 8 heteroatoms. The van der Waals surface area contributed by atoms with Crippen molar-refractivity contribution in [2.75, 3.05) is 20.2 Å². The number of carbonyl (C=O) groups is 1. The third-order valence-corrected chi connectivity index (χ3v) is 3.51. The number of carbonyl (C=O) groups excluding carboxylic acids is 1. The highest BCUT2D eigenvalue weighted by atomic mass is 19.1. The number of likely N-dealkylation sites (N-methyl/N-ethyl adjacent to an activating group) is 1. The van der Waals surface area contributed by atoms with E-state index in [-0.39, 0.29) is 18.3 Å². The van der Waals surface area contributed by atoms with Gasteiger partial charge in [0.2, 0.25) is 0 Å². The number of nitrogens with zero attached hydrogens (tertiary/aromatic N) is 5. The van der Waals surface area contributed by atoms with E-state index in [1.807, 2.05) is 0 Å². The zero-order chi connectivity index (χ0) is 17.6. The first kappa shape index (κ1) is 16.6. The summed E-state index contributed by atoms with van der Waals surface area (Å²) in [6.07, 6.45) is 4.43. The Morgan fingerprint density at radius 1 is 1.32 bits per heavy atom. The van der Waals surface area contributed by atoms with E-state index in [2.05, 4.69) is 15.1 Å². The minimum atomic E-state index is -0.428. The van der Waals surface area contributed by atoms with Crippen LogP contribution in [0, 0.1) is 5.82 Å². The van der Waals surface area contributed by atoms with Crippen molar-refractivity contribution < 1.29 is 13.9 Å². The molecule has 3 aromatic rings. The molecule has 0 saturated carbocycles. The third kappa shape index (κ3) is 3.97. The largest absolute Gasteiger partial charge is 0.489 e. The maximum atomic E-state index is 13.5. The van der Waals surface area contributed by atoms with Gasteiger partial charge in [-0.15, -0.1) is 0 Å². The van der Waals surface area contributed by atoms with Crippen molar-refractivity contribution in [2.45, 2.75) is 0 Å². The molecule has 1 aromatic carbocycles. The molecule has 0 bridgehead atoms. The van der Waals surface area contributed by atoms with Crippen molar-refractivity contribution in [1.29, 1.82) is 0 Å². The molecule has 1 amide bonds. The van der Waals surface area contributed by atoms with Crippen molar-refractivity contribution in [3.8, 4) is 11.6 Å². The molecular formula is C17H16FN5O2. The van der Waals surface area contributed by atoms with Crippen LogP contribution in [0.2, 0.25) is 0 Å². The first-order valence-electron chi connectivity index (χ1n) is 7.59. The Bertz CT molecular complexity index is 854. The number of pyridine rings is 1. The molecule has 0 saturated heterocycles. The lowest BCUT2D eigenvalue weighted by Crippen LogP contribution is -2.31. The molecule has 0 aliphatic heterocycles. The van der Waals surface area contributed by atoms with Gasteiger partial charge in [0, 0.05) is 18.8 Å². The van der Waals surface area contributed by atoms with Gasteiger partial charge in [-0.1, -0.05) is 12.1 Å². The van der Waals surface area contributed by atoms with Crippen molar-refractivity contribution >= 4 is 5.91 Å². The zero-order valence-corrected chi connectivity index (χ0v) is 13.5. The monoisotopic (exact) mass is 341 g/mol. The van der Waals surface area contributed by atoms with Gasteiger partial charge in [-0.05, 0) is 24.3 Å². The Morgan fingerprint density at radius 2 is 2.16 bits per heavy atom. The van der Waals surface area contributed by atoms with E-state index in [0.29, 0.717) is 17.9 Å². The van der Waals surface area contributed by atoms with Crippen LogP contribution in [-0.2, 0) is 0 Å². The number of hydrogen-bond donors (Lipinski definition) is 0. The van der Waals surface area contributed by atoms with Crippen LogP contribution in [0.5, 0.6) is 5.75 Å². The Morgan fingerprint density at radius 3 is 2.92 bits per heavy atom. The molecule has 0 radical (unpaired) electrons. The number of benzene rings is 1. The molecule has 0 atom stereocenters. The minimum absolute atomic E-state index is 0.167. The smallest absolute Gasteiger partial charge is 0.253 e. The fraction of sp³-hybridized carbons (Fsp3) is 0.176. The lowest BCUT2D eigenvalue weighted by atomic mass is 10.2. The fourth-order valence-electron chi connectivity index (χ4n) is 2.18. The number of ether oxygens (including phenoxy) is 1. The predicted molar refractivity (Wildman–Crippen MR) is 88.0 cm³/mol. The van der Waals surface area contributed by atoms with E-state index >= 15 is 0 Å². The molecule has 0 N–H and O–H groups in total. The van der Waals surface area contributed by atoms with Crippen LogP contribution in [-0.4, -0.2) is 50.8 Å². The average molecular weight is 341 g/mol. The van der Waals surface area contributed by atoms with E-state index in [0.717, 1.165) is 0 Å². The summed E-state index contributed by atoms with van der Waals surface area (Å²) < 4.78 is 20.3. The Labute approximate surface area is 143 Å². The second kappa shape index (κ2) is 7.52. The predicted octanol–water partition coefficient (Wildman–Crippen LogP) is 1.95. The Hall–Kier alpha value is -3.29. The van der Waals surface area contributed by atoms with Crippen LogP contribution in [0.15, 0.2) is 55.2 Å². The summed E-state index contributed by atoms with van der Waals surface area (Å²) in [5.41, 5.74) is 0.467. The first-order valence-corrected chi connectivity index (χ1v) is 7.59. The fourth-order valence-corrected chi connectivity index (χ4v) is 2.18. The SMILES string of the molecule is CN(CCOc1ccccc1F)C(=O)c1ccnc(-n2cncn2)c1. The number of hydrogen-bond acceptors (Lipinski definition) is 5. The van der Waals surface area contributed by atoms with Gasteiger partial charge < -0.3 is 9.64 Å². The second-order valence-electron chi connectivity index (χ2n) is 5.25. The lowest BCUT2D eigenvalue weighted by molar-refractivity contribution is 0.0772. The molecule has 0 aliphatic rings. The minimum Gasteiger partial charge on any atom is -0.489 e. The average Bonchev–Trinajstić information content (AvgIpc) is 3.17. The molecule has 2 heterocycles. The van der Waals surface area contributed by atoms with Gasteiger partial charge >= 0.3 is 0 Å². The van der Waals surface area contributed by atoms with Crippen LogP contribution in [0.4, 0.5) is 4.39 Å². The van der Waals surface area contributed by atoms with E-state index in [1.165, 1.54) is 34.5 Å². The summed E-state index contributed by atoms with van der Waals surface area (Å²) in [6.45, 7) is 0.498. The van der Waals surface area contributed by atoms with Gasteiger partial charge in [0.1, 0.15) is 19.3 Å². The molecule has 0 spiro atoms. The Balaban J connectivity index is 1.61. The van der Waals surface area contributed by atoms with E-state index in [4.69, 9.17) is 4.74 Å². The van der Waals surface area contributed by atoms with Gasteiger partial charge in [-0.2, -0.15) is 5.10 Å². The number of amides is 1. The molecule has 0 fully saturated rings. The van der Waals surface area contributed by atoms with Crippen LogP contribution in [0.25, 0.3) is 5.82 Å². The molecule has 2 aromatic heterocycles. The van der Waals surface area contributed by atoms with Crippen molar-refractivity contribution in [1.82, 2.24) is 24.6 Å². The lowest BCUT2D eigenvalue weighted by Gasteiger charge is -2.18. The van der Waals surface area contributed by atoms with Crippen LogP contribution in [0.1, 0.15) is 10.4 Å². The van der Waals surface area contributed by atoms with Crippen LogP contribution >= 0.6 is 0 Å². The zero-order valence-electron chi connectivity index (χ0n) is 13.5. The van der Waals surface area contributed by atoms with E-state index < -0.39 is 5.82 Å². The first-order chi connectivity index (χ1) is 12.1. The molecule has 7 nitrogen and oxygen atoms in total. The molecule has 0 unspecified atom stereocenters. The maximum absolute atomic E-state index is 13.5. The summed E-state index contributed by atoms with van der Waals surface area (Å²) >= 11 is 0. The van der Waals surface area contributed by atoms with Crippen LogP contribution < -0.4 is 4.74 Å². The number of halogens is 1. The summed E-state index contributed by atoms with van der Waals surface area (Å²) in [7, 11) is 1.66. The molecule has 0 aliphatic carbocycles. The van der Waals surface area contributed by atoms with Gasteiger partial charge in [0.15, 0.2) is 17.4 Å². The van der Waals surface area contributed by atoms with Crippen molar-refractivity contribution in [3.05, 3.63) is 66.6 Å². The summed E-state index contributed by atoms with van der Waals surface area (Å²) in [4.78, 5) is 22.0. The summed E-state index contributed by atoms with van der Waals surface area (Å²) in [5, 5.41) is 3.99. The van der Waals surface area contributed by atoms with Crippen molar-refractivity contribution in [2.24, 2.45) is 0 Å². The Kier molecular flexibility index (Phi) is 4.98. The summed E-state index contributed by atoms with van der Waals surface area (Å²) in [5.74, 6) is 0.0454. The quantitative estimate of drug-likeness (QED) is 0.685. The van der Waals surface area contributed by atoms with E-state index in [1.54, 1.807) is 37.4 Å². The van der Waals surface area contributed by atoms with Gasteiger partial charge in [0.05, 0.1) is 6.54 Å². The topological polar surface area (TPSA) is 73.1 Å². The number of aromatic nitrogens is 4. The normalized spacial score (nSPS) is 10.5. The number of rotatable bonds is 6. The molecule has 128 valence electrons. The molecule has 3 rings (SSSR count). The third-order valence-electron chi connectivity index (χ3n) is 3.51. The van der Waals surface area contributed by atoms with Crippen LogP contribution in [0.3, 0.4) is 0 Å².